The molecule has 1 N–H and O–H groups in total. The van der Waals surface area contributed by atoms with Crippen molar-refractivity contribution in [2.75, 3.05) is 23.3 Å². The zero-order valence-electron chi connectivity index (χ0n) is 12.8. The van der Waals surface area contributed by atoms with Gasteiger partial charge in [-0.25, -0.2) is 0 Å². The minimum atomic E-state index is -0.0987. The van der Waals surface area contributed by atoms with Gasteiger partial charge in [0.25, 0.3) is 0 Å². The lowest BCUT2D eigenvalue weighted by molar-refractivity contribution is -0.115. The first-order valence-electron chi connectivity index (χ1n) is 7.24. The fourth-order valence-electron chi connectivity index (χ4n) is 2.25. The third-order valence-corrected chi connectivity index (χ3v) is 3.36. The van der Waals surface area contributed by atoms with E-state index in [1.165, 1.54) is 0 Å². The molecule has 0 unspecified atom stereocenters. The first-order valence-corrected chi connectivity index (χ1v) is 7.24. The third kappa shape index (κ3) is 4.10. The minimum absolute atomic E-state index is 0.0987. The molecular formula is C18H19N3O. The number of aryl methyl sites for hydroxylation is 1. The summed E-state index contributed by atoms with van der Waals surface area (Å²) in [4.78, 5) is 14.2. The Morgan fingerprint density at radius 3 is 2.68 bits per heavy atom. The van der Waals surface area contributed by atoms with Crippen molar-refractivity contribution in [3.8, 4) is 6.07 Å². The van der Waals surface area contributed by atoms with Crippen LogP contribution in [0, 0.1) is 18.3 Å². The molecule has 2 aromatic carbocycles. The normalized spacial score (nSPS) is 9.86. The number of nitriles is 1. The third-order valence-electron chi connectivity index (χ3n) is 3.36. The number of anilines is 2. The van der Waals surface area contributed by atoms with Gasteiger partial charge >= 0.3 is 0 Å². The molecule has 0 aromatic heterocycles. The van der Waals surface area contributed by atoms with Crippen molar-refractivity contribution in [1.29, 1.82) is 5.26 Å². The lowest BCUT2D eigenvalue weighted by Crippen LogP contribution is -2.33. The summed E-state index contributed by atoms with van der Waals surface area (Å²) in [5, 5.41) is 11.7. The van der Waals surface area contributed by atoms with Crippen LogP contribution in [0.2, 0.25) is 0 Å². The summed E-state index contributed by atoms with van der Waals surface area (Å²) in [5.74, 6) is -0.0987. The molecule has 4 heteroatoms. The second kappa shape index (κ2) is 7.28. The largest absolute Gasteiger partial charge is 0.362 e. The quantitative estimate of drug-likeness (QED) is 0.920. The molecule has 0 bridgehead atoms. The van der Waals surface area contributed by atoms with Gasteiger partial charge in [0.1, 0.15) is 0 Å². The molecule has 0 heterocycles. The molecule has 0 aliphatic carbocycles. The highest BCUT2D eigenvalue weighted by Gasteiger charge is 2.10. The van der Waals surface area contributed by atoms with Gasteiger partial charge in [-0.2, -0.15) is 5.26 Å². The number of carbonyl (C=O) groups is 1. The number of hydrogen-bond acceptors (Lipinski definition) is 3. The van der Waals surface area contributed by atoms with E-state index < -0.39 is 0 Å². The van der Waals surface area contributed by atoms with Crippen molar-refractivity contribution in [3.05, 3.63) is 59.7 Å². The molecule has 0 saturated carbocycles. The van der Waals surface area contributed by atoms with Crippen molar-refractivity contribution in [1.82, 2.24) is 0 Å². The maximum atomic E-state index is 12.2. The highest BCUT2D eigenvalue weighted by molar-refractivity contribution is 5.94. The number of hydrogen-bond donors (Lipinski definition) is 1. The maximum Gasteiger partial charge on any atom is 0.243 e. The van der Waals surface area contributed by atoms with Crippen molar-refractivity contribution in [2.24, 2.45) is 0 Å². The molecule has 112 valence electrons. The maximum absolute atomic E-state index is 12.2. The molecule has 0 fully saturated rings. The molecule has 0 saturated heterocycles. The molecule has 0 atom stereocenters. The minimum Gasteiger partial charge on any atom is -0.362 e. The van der Waals surface area contributed by atoms with Gasteiger partial charge < -0.3 is 10.2 Å². The number of nitrogens with one attached hydrogen (secondary N) is 1. The van der Waals surface area contributed by atoms with E-state index in [0.717, 1.165) is 17.8 Å². The summed E-state index contributed by atoms with van der Waals surface area (Å²) < 4.78 is 0. The van der Waals surface area contributed by atoms with Crippen LogP contribution in [0.3, 0.4) is 0 Å². The highest BCUT2D eigenvalue weighted by Crippen LogP contribution is 2.16. The van der Waals surface area contributed by atoms with E-state index in [4.69, 9.17) is 5.26 Å². The summed E-state index contributed by atoms with van der Waals surface area (Å²) >= 11 is 0. The molecule has 4 nitrogen and oxygen atoms in total. The standard InChI is InChI=1S/C18H19N3O/c1-3-21(17-9-4-6-14(2)10-17)13-18(22)20-16-8-5-7-15(11-16)12-19/h4-11H,3,13H2,1-2H3,(H,20,22). The zero-order chi connectivity index (χ0) is 15.9. The number of carbonyl (C=O) groups excluding carboxylic acids is 1. The van der Waals surface area contributed by atoms with Gasteiger partial charge in [0.2, 0.25) is 5.91 Å². The molecule has 0 aliphatic rings. The lowest BCUT2D eigenvalue weighted by Gasteiger charge is -2.22. The molecule has 22 heavy (non-hydrogen) atoms. The summed E-state index contributed by atoms with van der Waals surface area (Å²) in [5.41, 5.74) is 3.37. The fourth-order valence-corrected chi connectivity index (χ4v) is 2.25. The van der Waals surface area contributed by atoms with Crippen molar-refractivity contribution in [2.45, 2.75) is 13.8 Å². The Labute approximate surface area is 131 Å². The van der Waals surface area contributed by atoms with Crippen LogP contribution in [0.1, 0.15) is 18.1 Å². The predicted octanol–water partition coefficient (Wildman–Crippen LogP) is 3.33. The van der Waals surface area contributed by atoms with Gasteiger partial charge in [0.05, 0.1) is 18.2 Å². The van der Waals surface area contributed by atoms with Gasteiger partial charge in [-0.3, -0.25) is 4.79 Å². The van der Waals surface area contributed by atoms with E-state index in [1.807, 2.05) is 36.9 Å². The van der Waals surface area contributed by atoms with E-state index in [9.17, 15) is 4.79 Å². The Morgan fingerprint density at radius 1 is 1.23 bits per heavy atom. The fraction of sp³-hybridized carbons (Fsp3) is 0.222. The lowest BCUT2D eigenvalue weighted by atomic mass is 10.2. The van der Waals surface area contributed by atoms with Crippen LogP contribution in [0.4, 0.5) is 11.4 Å². The number of rotatable bonds is 5. The average molecular weight is 293 g/mol. The summed E-state index contributed by atoms with van der Waals surface area (Å²) in [6.07, 6.45) is 0. The molecule has 0 spiro atoms. The Morgan fingerprint density at radius 2 is 2.00 bits per heavy atom. The first-order chi connectivity index (χ1) is 10.6. The van der Waals surface area contributed by atoms with E-state index in [1.54, 1.807) is 24.3 Å². The molecule has 0 radical (unpaired) electrons. The number of likely N-dealkylation sites (N-methyl/N-ethyl adjacent to an activating group) is 1. The molecule has 2 aromatic rings. The summed E-state index contributed by atoms with van der Waals surface area (Å²) in [6, 6.07) is 17.1. The van der Waals surface area contributed by atoms with Gasteiger partial charge in [0.15, 0.2) is 0 Å². The SMILES string of the molecule is CCN(CC(=O)Nc1cccc(C#N)c1)c1cccc(C)c1. The zero-order valence-corrected chi connectivity index (χ0v) is 12.8. The molecule has 2 rings (SSSR count). The van der Waals surface area contributed by atoms with Gasteiger partial charge in [-0.05, 0) is 49.7 Å². The van der Waals surface area contributed by atoms with Crippen LogP contribution < -0.4 is 10.2 Å². The second-order valence-electron chi connectivity index (χ2n) is 5.09. The van der Waals surface area contributed by atoms with E-state index >= 15 is 0 Å². The molecule has 1 amide bonds. The van der Waals surface area contributed by atoms with Crippen LogP contribution in [0.15, 0.2) is 48.5 Å². The Balaban J connectivity index is 2.05. The van der Waals surface area contributed by atoms with Crippen LogP contribution in [-0.4, -0.2) is 19.0 Å². The number of benzene rings is 2. The van der Waals surface area contributed by atoms with Gasteiger partial charge in [0, 0.05) is 17.9 Å². The second-order valence-corrected chi connectivity index (χ2v) is 5.09. The Bertz CT molecular complexity index is 703. The van der Waals surface area contributed by atoms with Crippen molar-refractivity contribution in [3.63, 3.8) is 0 Å². The van der Waals surface area contributed by atoms with E-state index in [-0.39, 0.29) is 12.5 Å². The van der Waals surface area contributed by atoms with E-state index in [0.29, 0.717) is 11.3 Å². The number of nitrogens with zero attached hydrogens (tertiary/aromatic N) is 2. The van der Waals surface area contributed by atoms with Crippen molar-refractivity contribution >= 4 is 17.3 Å². The first kappa shape index (κ1) is 15.6. The van der Waals surface area contributed by atoms with E-state index in [2.05, 4.69) is 17.5 Å². The smallest absolute Gasteiger partial charge is 0.243 e. The summed E-state index contributed by atoms with van der Waals surface area (Å²) in [6.45, 7) is 5.07. The predicted molar refractivity (Wildman–Crippen MR) is 88.9 cm³/mol. The molecule has 0 aliphatic heterocycles. The Kier molecular flexibility index (Phi) is 5.16. The van der Waals surface area contributed by atoms with Crippen LogP contribution >= 0.6 is 0 Å². The van der Waals surface area contributed by atoms with Crippen molar-refractivity contribution < 1.29 is 4.79 Å². The van der Waals surface area contributed by atoms with Crippen LogP contribution in [0.5, 0.6) is 0 Å². The van der Waals surface area contributed by atoms with Gasteiger partial charge in [-0.15, -0.1) is 0 Å². The molecular weight excluding hydrogens is 274 g/mol. The van der Waals surface area contributed by atoms with Gasteiger partial charge in [-0.1, -0.05) is 18.2 Å². The highest BCUT2D eigenvalue weighted by atomic mass is 16.2. The van der Waals surface area contributed by atoms with Crippen LogP contribution in [-0.2, 0) is 4.79 Å². The number of amides is 1. The summed E-state index contributed by atoms with van der Waals surface area (Å²) in [7, 11) is 0. The Hall–Kier alpha value is -2.80. The average Bonchev–Trinajstić information content (AvgIpc) is 2.52. The monoisotopic (exact) mass is 293 g/mol. The van der Waals surface area contributed by atoms with Crippen LogP contribution in [0.25, 0.3) is 0 Å². The topological polar surface area (TPSA) is 56.1 Å².